The van der Waals surface area contributed by atoms with Gasteiger partial charge in [-0.15, -0.1) is 0 Å². The van der Waals surface area contributed by atoms with Crippen molar-refractivity contribution in [2.75, 3.05) is 13.7 Å². The van der Waals surface area contributed by atoms with Gasteiger partial charge in [0.25, 0.3) is 0 Å². The maximum absolute atomic E-state index is 10.1. The van der Waals surface area contributed by atoms with Gasteiger partial charge >= 0.3 is 0 Å². The van der Waals surface area contributed by atoms with Crippen molar-refractivity contribution in [3.8, 4) is 5.75 Å². The molecule has 0 aromatic heterocycles. The lowest BCUT2D eigenvalue weighted by molar-refractivity contribution is 0.0533. The van der Waals surface area contributed by atoms with Gasteiger partial charge in [-0.05, 0) is 38.4 Å². The van der Waals surface area contributed by atoms with Crippen molar-refractivity contribution in [1.82, 2.24) is 0 Å². The lowest BCUT2D eigenvalue weighted by atomic mass is 9.92. The molecule has 1 aromatic rings. The number of nitrogens with two attached hydrogens (primary N) is 1. The summed E-state index contributed by atoms with van der Waals surface area (Å²) in [5, 5.41) is 10.1. The zero-order valence-electron chi connectivity index (χ0n) is 10.3. The molecule has 0 radical (unpaired) electrons. The molecule has 1 unspecified atom stereocenters. The maximum Gasteiger partial charge on any atom is 0.122 e. The van der Waals surface area contributed by atoms with Crippen LogP contribution in [0.3, 0.4) is 0 Å². The minimum absolute atomic E-state index is 0.487. The van der Waals surface area contributed by atoms with Crippen LogP contribution in [0.5, 0.6) is 5.75 Å². The fourth-order valence-electron chi connectivity index (χ4n) is 1.86. The largest absolute Gasteiger partial charge is 0.496 e. The van der Waals surface area contributed by atoms with E-state index in [0.717, 1.165) is 11.3 Å². The monoisotopic (exact) mass is 223 g/mol. The van der Waals surface area contributed by atoms with E-state index in [1.165, 1.54) is 5.56 Å². The summed E-state index contributed by atoms with van der Waals surface area (Å²) < 4.78 is 5.28. The van der Waals surface area contributed by atoms with Gasteiger partial charge in [0.05, 0.1) is 12.7 Å². The van der Waals surface area contributed by atoms with E-state index >= 15 is 0 Å². The third-order valence-electron chi connectivity index (χ3n) is 2.69. The molecule has 16 heavy (non-hydrogen) atoms. The van der Waals surface area contributed by atoms with Crippen LogP contribution in [0.2, 0.25) is 0 Å². The Kier molecular flexibility index (Phi) is 4.33. The molecule has 3 nitrogen and oxygen atoms in total. The van der Waals surface area contributed by atoms with Gasteiger partial charge in [0.2, 0.25) is 0 Å². The number of benzene rings is 1. The highest BCUT2D eigenvalue weighted by Crippen LogP contribution is 2.25. The van der Waals surface area contributed by atoms with Crippen LogP contribution < -0.4 is 10.5 Å². The fourth-order valence-corrected chi connectivity index (χ4v) is 1.86. The first-order valence-corrected chi connectivity index (χ1v) is 5.54. The van der Waals surface area contributed by atoms with Crippen molar-refractivity contribution in [1.29, 1.82) is 0 Å². The Morgan fingerprint density at radius 3 is 2.69 bits per heavy atom. The summed E-state index contributed by atoms with van der Waals surface area (Å²) >= 11 is 0. The van der Waals surface area contributed by atoms with Gasteiger partial charge < -0.3 is 15.6 Å². The van der Waals surface area contributed by atoms with E-state index < -0.39 is 5.60 Å². The molecule has 1 aromatic carbocycles. The third-order valence-corrected chi connectivity index (χ3v) is 2.69. The van der Waals surface area contributed by atoms with E-state index in [1.54, 1.807) is 7.11 Å². The Balaban J connectivity index is 2.90. The second-order valence-electron chi connectivity index (χ2n) is 4.53. The molecule has 0 aliphatic rings. The molecule has 0 saturated carbocycles. The van der Waals surface area contributed by atoms with Crippen molar-refractivity contribution in [2.24, 2.45) is 5.73 Å². The lowest BCUT2D eigenvalue weighted by Crippen LogP contribution is -2.30. The molecular formula is C13H21NO2. The maximum atomic E-state index is 10.1. The summed E-state index contributed by atoms with van der Waals surface area (Å²) in [5.41, 5.74) is 6.90. The number of hydrogen-bond donors (Lipinski definition) is 2. The number of hydrogen-bond acceptors (Lipinski definition) is 3. The molecule has 0 fully saturated rings. The van der Waals surface area contributed by atoms with E-state index in [9.17, 15) is 5.11 Å². The first-order valence-electron chi connectivity index (χ1n) is 5.54. The SMILES string of the molecule is COc1ccc(C)cc1CC(C)(O)CCN. The topological polar surface area (TPSA) is 55.5 Å². The Morgan fingerprint density at radius 2 is 2.12 bits per heavy atom. The van der Waals surface area contributed by atoms with Crippen LogP contribution >= 0.6 is 0 Å². The fraction of sp³-hybridized carbons (Fsp3) is 0.538. The van der Waals surface area contributed by atoms with Crippen LogP contribution in [-0.2, 0) is 6.42 Å². The first-order chi connectivity index (χ1) is 7.48. The predicted octanol–water partition coefficient (Wildman–Crippen LogP) is 1.65. The molecule has 0 bridgehead atoms. The molecule has 3 N–H and O–H groups in total. The zero-order chi connectivity index (χ0) is 12.2. The van der Waals surface area contributed by atoms with Gasteiger partial charge in [-0.1, -0.05) is 17.7 Å². The van der Waals surface area contributed by atoms with Crippen LogP contribution in [0.15, 0.2) is 18.2 Å². The van der Waals surface area contributed by atoms with Gasteiger partial charge in [-0.3, -0.25) is 0 Å². The lowest BCUT2D eigenvalue weighted by Gasteiger charge is -2.23. The van der Waals surface area contributed by atoms with Gasteiger partial charge in [0.1, 0.15) is 5.75 Å². The number of rotatable bonds is 5. The van der Waals surface area contributed by atoms with E-state index in [1.807, 2.05) is 32.0 Å². The molecule has 0 aliphatic carbocycles. The highest BCUT2D eigenvalue weighted by Gasteiger charge is 2.21. The first kappa shape index (κ1) is 13.0. The second kappa shape index (κ2) is 5.32. The molecule has 0 amide bonds. The summed E-state index contributed by atoms with van der Waals surface area (Å²) in [6.45, 7) is 4.32. The molecule has 1 rings (SSSR count). The number of aryl methyl sites for hydroxylation is 1. The molecule has 1 atom stereocenters. The van der Waals surface area contributed by atoms with Crippen LogP contribution in [0.25, 0.3) is 0 Å². The average molecular weight is 223 g/mol. The summed E-state index contributed by atoms with van der Waals surface area (Å²) in [6.07, 6.45) is 1.15. The number of aliphatic hydroxyl groups is 1. The number of methoxy groups -OCH3 is 1. The quantitative estimate of drug-likeness (QED) is 0.798. The van der Waals surface area contributed by atoms with E-state index in [2.05, 4.69) is 0 Å². The zero-order valence-corrected chi connectivity index (χ0v) is 10.3. The normalized spacial score (nSPS) is 14.6. The predicted molar refractivity (Wildman–Crippen MR) is 65.7 cm³/mol. The summed E-state index contributed by atoms with van der Waals surface area (Å²) in [6, 6.07) is 5.98. The molecule has 90 valence electrons. The summed E-state index contributed by atoms with van der Waals surface area (Å²) in [4.78, 5) is 0. The summed E-state index contributed by atoms with van der Waals surface area (Å²) in [7, 11) is 1.64. The van der Waals surface area contributed by atoms with Crippen LogP contribution in [0.4, 0.5) is 0 Å². The average Bonchev–Trinajstić information content (AvgIpc) is 2.17. The van der Waals surface area contributed by atoms with Crippen LogP contribution in [0.1, 0.15) is 24.5 Å². The molecule has 3 heteroatoms. The van der Waals surface area contributed by atoms with Crippen molar-refractivity contribution in [3.63, 3.8) is 0 Å². The Bertz CT molecular complexity index is 348. The van der Waals surface area contributed by atoms with Crippen molar-refractivity contribution >= 4 is 0 Å². The van der Waals surface area contributed by atoms with Crippen molar-refractivity contribution in [2.45, 2.75) is 32.3 Å². The highest BCUT2D eigenvalue weighted by atomic mass is 16.5. The Hall–Kier alpha value is -1.06. The van der Waals surface area contributed by atoms with Gasteiger partial charge in [0.15, 0.2) is 0 Å². The van der Waals surface area contributed by atoms with Crippen molar-refractivity contribution in [3.05, 3.63) is 29.3 Å². The molecule has 0 heterocycles. The van der Waals surface area contributed by atoms with Gasteiger partial charge in [-0.25, -0.2) is 0 Å². The molecule has 0 saturated heterocycles. The van der Waals surface area contributed by atoms with Crippen molar-refractivity contribution < 1.29 is 9.84 Å². The highest BCUT2D eigenvalue weighted by molar-refractivity contribution is 5.37. The van der Waals surface area contributed by atoms with Gasteiger partial charge in [-0.2, -0.15) is 0 Å². The molecule has 0 aliphatic heterocycles. The van der Waals surface area contributed by atoms with Gasteiger partial charge in [0, 0.05) is 6.42 Å². The minimum atomic E-state index is -0.768. The Morgan fingerprint density at radius 1 is 1.44 bits per heavy atom. The minimum Gasteiger partial charge on any atom is -0.496 e. The van der Waals surface area contributed by atoms with E-state index in [-0.39, 0.29) is 0 Å². The van der Waals surface area contributed by atoms with E-state index in [4.69, 9.17) is 10.5 Å². The van der Waals surface area contributed by atoms with E-state index in [0.29, 0.717) is 19.4 Å². The number of ether oxygens (including phenoxy) is 1. The smallest absolute Gasteiger partial charge is 0.122 e. The molecular weight excluding hydrogens is 202 g/mol. The van der Waals surface area contributed by atoms with Crippen LogP contribution in [-0.4, -0.2) is 24.4 Å². The Labute approximate surface area is 97.2 Å². The third kappa shape index (κ3) is 3.51. The standard InChI is InChI=1S/C13H21NO2/c1-10-4-5-12(16-3)11(8-10)9-13(2,15)6-7-14/h4-5,8,15H,6-7,9,14H2,1-3H3. The summed E-state index contributed by atoms with van der Waals surface area (Å²) in [5.74, 6) is 0.822. The second-order valence-corrected chi connectivity index (χ2v) is 4.53. The van der Waals surface area contributed by atoms with Crippen LogP contribution in [0, 0.1) is 6.92 Å². The molecule has 0 spiro atoms.